The third-order valence-electron chi connectivity index (χ3n) is 10.5. The van der Waals surface area contributed by atoms with Gasteiger partial charge < -0.3 is 34.0 Å². The van der Waals surface area contributed by atoms with Crippen molar-refractivity contribution in [2.75, 3.05) is 46.3 Å². The lowest BCUT2D eigenvalue weighted by Gasteiger charge is -2.59. The van der Waals surface area contributed by atoms with Crippen LogP contribution in [0, 0.1) is 17.8 Å². The summed E-state index contributed by atoms with van der Waals surface area (Å²) in [5.74, 6) is 0.537. The zero-order valence-electron chi connectivity index (χ0n) is 31.1. The number of thioether (sulfide) groups is 1. The number of benzene rings is 2. The first-order valence-electron chi connectivity index (χ1n) is 18.8. The molecule has 1 aliphatic heterocycles. The molecule has 5 rings (SSSR count). The summed E-state index contributed by atoms with van der Waals surface area (Å²) in [5.41, 5.74) is 2.74. The van der Waals surface area contributed by atoms with Crippen LogP contribution in [-0.2, 0) is 14.3 Å². The molecule has 2 aliphatic carbocycles. The highest BCUT2D eigenvalue weighted by molar-refractivity contribution is 7.98. The molecule has 2 aromatic rings. The number of aliphatic hydroxyl groups is 2. The van der Waals surface area contributed by atoms with Gasteiger partial charge in [-0.25, -0.2) is 4.79 Å². The molecule has 11 heteroatoms. The van der Waals surface area contributed by atoms with Gasteiger partial charge in [-0.15, -0.1) is 18.3 Å². The van der Waals surface area contributed by atoms with Crippen molar-refractivity contribution in [3.63, 3.8) is 0 Å². The Morgan fingerprint density at radius 2 is 1.81 bits per heavy atom. The zero-order chi connectivity index (χ0) is 37.1. The third kappa shape index (κ3) is 8.48. The van der Waals surface area contributed by atoms with E-state index < -0.39 is 17.9 Å². The number of amides is 1. The molecule has 0 spiro atoms. The van der Waals surface area contributed by atoms with Gasteiger partial charge in [0, 0.05) is 42.6 Å². The SMILES string of the molecule is C=CCOC12Oc3ccc(Oc4ccc(SC)cc4)cc3C3C(CCCCO)C(CCCCO)C=C(C(=NOC)CC1N(CCC)C(=O)OCC)C32. The van der Waals surface area contributed by atoms with Crippen LogP contribution in [0.5, 0.6) is 17.2 Å². The lowest BCUT2D eigenvalue weighted by molar-refractivity contribution is -0.255. The van der Waals surface area contributed by atoms with Crippen molar-refractivity contribution in [3.05, 3.63) is 72.3 Å². The van der Waals surface area contributed by atoms with Crippen molar-refractivity contribution in [2.24, 2.45) is 22.9 Å². The van der Waals surface area contributed by atoms with Crippen LogP contribution in [0.4, 0.5) is 4.79 Å². The smallest absolute Gasteiger partial charge is 0.410 e. The number of carbonyl (C=O) groups is 1. The van der Waals surface area contributed by atoms with Crippen molar-refractivity contribution in [1.29, 1.82) is 0 Å². The summed E-state index contributed by atoms with van der Waals surface area (Å²) in [6, 6.07) is 13.4. The highest BCUT2D eigenvalue weighted by atomic mass is 32.2. The molecule has 0 bridgehead atoms. The molecule has 6 unspecified atom stereocenters. The summed E-state index contributed by atoms with van der Waals surface area (Å²) in [4.78, 5) is 22.2. The molecule has 6 atom stereocenters. The number of allylic oxidation sites excluding steroid dienone is 1. The first-order valence-corrected chi connectivity index (χ1v) is 20.0. The van der Waals surface area contributed by atoms with Gasteiger partial charge in [-0.3, -0.25) is 4.90 Å². The Morgan fingerprint density at radius 1 is 1.08 bits per heavy atom. The van der Waals surface area contributed by atoms with E-state index in [0.29, 0.717) is 43.7 Å². The lowest BCUT2D eigenvalue weighted by Crippen LogP contribution is -2.70. The van der Waals surface area contributed by atoms with Crippen LogP contribution in [0.1, 0.15) is 76.7 Å². The van der Waals surface area contributed by atoms with Gasteiger partial charge >= 0.3 is 6.09 Å². The zero-order valence-corrected chi connectivity index (χ0v) is 31.9. The second kappa shape index (κ2) is 19.0. The van der Waals surface area contributed by atoms with Crippen LogP contribution in [0.2, 0.25) is 0 Å². The Hall–Kier alpha value is -3.51. The number of ether oxygens (including phenoxy) is 4. The molecule has 0 aromatic heterocycles. The molecule has 3 aliphatic rings. The second-order valence-corrected chi connectivity index (χ2v) is 14.5. The van der Waals surface area contributed by atoms with Crippen LogP contribution >= 0.6 is 11.8 Å². The van der Waals surface area contributed by atoms with E-state index in [1.807, 2.05) is 49.6 Å². The van der Waals surface area contributed by atoms with E-state index >= 15 is 0 Å². The number of oxime groups is 1. The van der Waals surface area contributed by atoms with Gasteiger partial charge in [0.2, 0.25) is 5.79 Å². The van der Waals surface area contributed by atoms with E-state index in [-0.39, 0.29) is 50.1 Å². The molecule has 1 fully saturated rings. The molecule has 10 nitrogen and oxygen atoms in total. The standard InChI is InChI=1S/C41H56N2O8S/c1-6-21-43(40(46)48-8-3)37-27-35(42-47-4)33-25-28(13-9-11-22-44)32(14-10-12-23-45)38-34-26-30(50-29-15-18-31(52-5)19-16-29)17-20-36(34)51-41(37,39(33)38)49-24-7-2/h7,15-20,25-26,28,32,37-39,44-45H,2,6,8-14,21-24,27H2,1,3-5H3. The monoisotopic (exact) mass is 736 g/mol. The topological polar surface area (TPSA) is 119 Å². The number of nitrogens with zero attached hydrogens (tertiary/aromatic N) is 2. The third-order valence-corrected chi connectivity index (χ3v) is 11.2. The van der Waals surface area contributed by atoms with E-state index in [0.717, 1.165) is 53.2 Å². The maximum atomic E-state index is 13.8. The number of unbranched alkanes of at least 4 members (excludes halogenated alkanes) is 2. The highest BCUT2D eigenvalue weighted by Crippen LogP contribution is 2.62. The summed E-state index contributed by atoms with van der Waals surface area (Å²) in [6.45, 7) is 8.95. The molecule has 1 heterocycles. The predicted octanol–water partition coefficient (Wildman–Crippen LogP) is 8.33. The average molecular weight is 737 g/mol. The van der Waals surface area contributed by atoms with Crippen molar-refractivity contribution >= 4 is 23.6 Å². The number of fused-ring (bicyclic) bond motifs is 2. The fourth-order valence-corrected chi connectivity index (χ4v) is 8.83. The lowest BCUT2D eigenvalue weighted by atomic mass is 9.55. The first kappa shape index (κ1) is 39.7. The van der Waals surface area contributed by atoms with Crippen molar-refractivity contribution in [1.82, 2.24) is 4.90 Å². The van der Waals surface area contributed by atoms with Crippen LogP contribution in [0.25, 0.3) is 0 Å². The normalized spacial score (nSPS) is 25.3. The Kier molecular flexibility index (Phi) is 14.5. The molecule has 1 amide bonds. The molecule has 0 saturated heterocycles. The molecule has 284 valence electrons. The van der Waals surface area contributed by atoms with Gasteiger partial charge in [0.05, 0.1) is 24.8 Å². The summed E-state index contributed by atoms with van der Waals surface area (Å²) < 4.78 is 26.3. The van der Waals surface area contributed by atoms with E-state index in [1.165, 1.54) is 0 Å². The number of carbonyl (C=O) groups excluding carboxylic acids is 1. The fraction of sp³-hybridized carbons (Fsp3) is 0.561. The van der Waals surface area contributed by atoms with Gasteiger partial charge in [0.1, 0.15) is 30.4 Å². The Labute approximate surface area is 313 Å². The van der Waals surface area contributed by atoms with Crippen LogP contribution in [0.3, 0.4) is 0 Å². The van der Waals surface area contributed by atoms with Crippen molar-refractivity contribution in [2.45, 2.75) is 87.9 Å². The Morgan fingerprint density at radius 3 is 2.46 bits per heavy atom. The summed E-state index contributed by atoms with van der Waals surface area (Å²) in [6.07, 6.45) is 11.5. The van der Waals surface area contributed by atoms with Gasteiger partial charge in [-0.2, -0.15) is 0 Å². The van der Waals surface area contributed by atoms with Gasteiger partial charge in [0.25, 0.3) is 0 Å². The van der Waals surface area contributed by atoms with Crippen molar-refractivity contribution in [3.8, 4) is 17.2 Å². The predicted molar refractivity (Wildman–Crippen MR) is 204 cm³/mol. The second-order valence-electron chi connectivity index (χ2n) is 13.6. The van der Waals surface area contributed by atoms with Gasteiger partial charge in [0.15, 0.2) is 0 Å². The maximum Gasteiger partial charge on any atom is 0.410 e. The molecule has 1 saturated carbocycles. The molecular formula is C41H56N2O8S. The number of rotatable bonds is 19. The summed E-state index contributed by atoms with van der Waals surface area (Å²) in [5, 5.41) is 24.2. The minimum Gasteiger partial charge on any atom is -0.459 e. The molecule has 2 N–H and O–H groups in total. The molecule has 2 aromatic carbocycles. The Balaban J connectivity index is 1.75. The number of hydrogen-bond acceptors (Lipinski definition) is 10. The van der Waals surface area contributed by atoms with E-state index in [9.17, 15) is 15.0 Å². The number of hydrogen-bond donors (Lipinski definition) is 2. The Bertz CT molecular complexity index is 1550. The van der Waals surface area contributed by atoms with E-state index in [2.05, 4.69) is 23.9 Å². The molecule has 52 heavy (non-hydrogen) atoms. The van der Waals surface area contributed by atoms with Gasteiger partial charge in [-0.1, -0.05) is 37.1 Å². The first-order chi connectivity index (χ1) is 25.4. The van der Waals surface area contributed by atoms with Crippen LogP contribution in [0.15, 0.2) is 76.8 Å². The van der Waals surface area contributed by atoms with E-state index in [4.69, 9.17) is 23.8 Å². The fourth-order valence-electron chi connectivity index (χ4n) is 8.42. The van der Waals surface area contributed by atoms with Crippen molar-refractivity contribution < 1.29 is 38.8 Å². The van der Waals surface area contributed by atoms with E-state index in [1.54, 1.807) is 36.8 Å². The highest BCUT2D eigenvalue weighted by Gasteiger charge is 2.65. The minimum absolute atomic E-state index is 0.120. The summed E-state index contributed by atoms with van der Waals surface area (Å²) >= 11 is 1.68. The molecular weight excluding hydrogens is 681 g/mol. The summed E-state index contributed by atoms with van der Waals surface area (Å²) in [7, 11) is 1.55. The largest absolute Gasteiger partial charge is 0.459 e. The quantitative estimate of drug-likeness (QED) is 0.0635. The minimum atomic E-state index is -1.31. The van der Waals surface area contributed by atoms with Crippen LogP contribution in [-0.4, -0.2) is 85.1 Å². The number of aliphatic hydroxyl groups excluding tert-OH is 2. The maximum absolute atomic E-state index is 13.8. The van der Waals surface area contributed by atoms with Gasteiger partial charge in [-0.05, 0) is 105 Å². The average Bonchev–Trinajstić information content (AvgIpc) is 3.15. The molecule has 0 radical (unpaired) electrons. The van der Waals surface area contributed by atoms with Crippen LogP contribution < -0.4 is 9.47 Å².